The minimum Gasteiger partial charge on any atom is -0.494 e. The SMILES string of the molecule is CCOc1ccc(NC(=O)/C=C/c2ccc(OC(C)=O)cc2)cc1. The van der Waals surface area contributed by atoms with Gasteiger partial charge in [0.25, 0.3) is 0 Å². The van der Waals surface area contributed by atoms with Gasteiger partial charge in [-0.1, -0.05) is 12.1 Å². The van der Waals surface area contributed by atoms with Crippen molar-refractivity contribution in [3.63, 3.8) is 0 Å². The van der Waals surface area contributed by atoms with Crippen molar-refractivity contribution in [1.29, 1.82) is 0 Å². The Hall–Kier alpha value is -3.08. The van der Waals surface area contributed by atoms with Crippen molar-refractivity contribution in [2.45, 2.75) is 13.8 Å². The molecule has 124 valence electrons. The van der Waals surface area contributed by atoms with E-state index in [1.165, 1.54) is 13.0 Å². The van der Waals surface area contributed by atoms with Gasteiger partial charge in [0.15, 0.2) is 0 Å². The van der Waals surface area contributed by atoms with Crippen LogP contribution in [0.15, 0.2) is 54.6 Å². The zero-order valence-corrected chi connectivity index (χ0v) is 13.6. The zero-order chi connectivity index (χ0) is 17.4. The number of carbonyl (C=O) groups excluding carboxylic acids is 2. The number of nitrogens with one attached hydrogen (secondary N) is 1. The Labute approximate surface area is 140 Å². The lowest BCUT2D eigenvalue weighted by Gasteiger charge is -2.05. The summed E-state index contributed by atoms with van der Waals surface area (Å²) >= 11 is 0. The molecule has 0 saturated carbocycles. The van der Waals surface area contributed by atoms with E-state index < -0.39 is 0 Å². The molecule has 0 aliphatic rings. The average Bonchev–Trinajstić information content (AvgIpc) is 2.56. The molecular formula is C19H19NO4. The van der Waals surface area contributed by atoms with Crippen LogP contribution in [0.25, 0.3) is 6.08 Å². The quantitative estimate of drug-likeness (QED) is 0.500. The minimum absolute atomic E-state index is 0.233. The highest BCUT2D eigenvalue weighted by atomic mass is 16.5. The maximum atomic E-state index is 11.9. The maximum absolute atomic E-state index is 11.9. The molecule has 0 aliphatic heterocycles. The number of benzene rings is 2. The van der Waals surface area contributed by atoms with E-state index in [1.54, 1.807) is 54.6 Å². The molecule has 2 aromatic carbocycles. The van der Waals surface area contributed by atoms with Gasteiger partial charge in [0.2, 0.25) is 5.91 Å². The molecule has 0 fully saturated rings. The Kier molecular flexibility index (Phi) is 6.14. The van der Waals surface area contributed by atoms with Crippen molar-refractivity contribution in [1.82, 2.24) is 0 Å². The fraction of sp³-hybridized carbons (Fsp3) is 0.158. The third-order valence-corrected chi connectivity index (χ3v) is 3.00. The predicted molar refractivity (Wildman–Crippen MR) is 93.0 cm³/mol. The fourth-order valence-electron chi connectivity index (χ4n) is 1.97. The van der Waals surface area contributed by atoms with E-state index in [-0.39, 0.29) is 11.9 Å². The van der Waals surface area contributed by atoms with E-state index in [4.69, 9.17) is 9.47 Å². The minimum atomic E-state index is -0.368. The Morgan fingerprint density at radius 1 is 1.00 bits per heavy atom. The molecule has 1 amide bonds. The second-order valence-corrected chi connectivity index (χ2v) is 4.94. The van der Waals surface area contributed by atoms with Gasteiger partial charge in [0.05, 0.1) is 6.61 Å². The van der Waals surface area contributed by atoms with Crippen LogP contribution < -0.4 is 14.8 Å². The van der Waals surface area contributed by atoms with Crippen molar-refractivity contribution < 1.29 is 19.1 Å². The normalized spacial score (nSPS) is 10.4. The Morgan fingerprint density at radius 3 is 2.21 bits per heavy atom. The number of carbonyl (C=O) groups is 2. The summed E-state index contributed by atoms with van der Waals surface area (Å²) in [4.78, 5) is 22.8. The van der Waals surface area contributed by atoms with Crippen molar-refractivity contribution in [3.8, 4) is 11.5 Å². The molecule has 2 rings (SSSR count). The third kappa shape index (κ3) is 5.61. The molecule has 1 N–H and O–H groups in total. The van der Waals surface area contributed by atoms with Crippen LogP contribution in [-0.4, -0.2) is 18.5 Å². The smallest absolute Gasteiger partial charge is 0.308 e. The first-order valence-electron chi connectivity index (χ1n) is 7.57. The summed E-state index contributed by atoms with van der Waals surface area (Å²) < 4.78 is 10.3. The summed E-state index contributed by atoms with van der Waals surface area (Å²) in [5.74, 6) is 0.633. The van der Waals surface area contributed by atoms with E-state index in [2.05, 4.69) is 5.32 Å². The van der Waals surface area contributed by atoms with Gasteiger partial charge >= 0.3 is 5.97 Å². The molecule has 0 bridgehead atoms. The lowest BCUT2D eigenvalue weighted by atomic mass is 10.2. The molecule has 0 saturated heterocycles. The Morgan fingerprint density at radius 2 is 1.62 bits per heavy atom. The number of hydrogen-bond donors (Lipinski definition) is 1. The van der Waals surface area contributed by atoms with Crippen LogP contribution in [0.2, 0.25) is 0 Å². The van der Waals surface area contributed by atoms with Gasteiger partial charge in [-0.05, 0) is 55.0 Å². The first-order chi connectivity index (χ1) is 11.6. The number of ether oxygens (including phenoxy) is 2. The highest BCUT2D eigenvalue weighted by molar-refractivity contribution is 6.01. The standard InChI is InChI=1S/C19H19NO4/c1-3-23-17-11-7-16(8-12-17)20-19(22)13-6-15-4-9-18(10-5-15)24-14(2)21/h4-13H,3H2,1-2H3,(H,20,22)/b13-6+. The second kappa shape index (κ2) is 8.53. The van der Waals surface area contributed by atoms with Gasteiger partial charge < -0.3 is 14.8 Å². The average molecular weight is 325 g/mol. The molecule has 0 unspecified atom stereocenters. The first kappa shape index (κ1) is 17.3. The highest BCUT2D eigenvalue weighted by Crippen LogP contribution is 2.16. The van der Waals surface area contributed by atoms with Crippen LogP contribution in [-0.2, 0) is 9.59 Å². The van der Waals surface area contributed by atoms with Crippen LogP contribution in [0.5, 0.6) is 11.5 Å². The molecule has 0 radical (unpaired) electrons. The van der Waals surface area contributed by atoms with Gasteiger partial charge in [-0.15, -0.1) is 0 Å². The number of rotatable bonds is 6. The summed E-state index contributed by atoms with van der Waals surface area (Å²) in [5, 5.41) is 2.77. The predicted octanol–water partition coefficient (Wildman–Crippen LogP) is 3.66. The molecule has 0 atom stereocenters. The van der Waals surface area contributed by atoms with E-state index in [0.717, 1.165) is 11.3 Å². The van der Waals surface area contributed by atoms with E-state index in [0.29, 0.717) is 18.0 Å². The summed E-state index contributed by atoms with van der Waals surface area (Å²) in [6.07, 6.45) is 3.12. The second-order valence-electron chi connectivity index (χ2n) is 4.94. The monoisotopic (exact) mass is 325 g/mol. The first-order valence-corrected chi connectivity index (χ1v) is 7.57. The van der Waals surface area contributed by atoms with E-state index in [1.807, 2.05) is 6.92 Å². The van der Waals surface area contributed by atoms with Gasteiger partial charge in [-0.2, -0.15) is 0 Å². The lowest BCUT2D eigenvalue weighted by molar-refractivity contribution is -0.131. The fourth-order valence-corrected chi connectivity index (χ4v) is 1.97. The molecule has 0 spiro atoms. The molecule has 0 aliphatic carbocycles. The number of anilines is 1. The molecule has 2 aromatic rings. The largest absolute Gasteiger partial charge is 0.494 e. The molecule has 5 nitrogen and oxygen atoms in total. The van der Waals surface area contributed by atoms with Gasteiger partial charge in [-0.25, -0.2) is 0 Å². The zero-order valence-electron chi connectivity index (χ0n) is 13.6. The van der Waals surface area contributed by atoms with Crippen LogP contribution in [0.4, 0.5) is 5.69 Å². The van der Waals surface area contributed by atoms with Crippen LogP contribution in [0.3, 0.4) is 0 Å². The van der Waals surface area contributed by atoms with Crippen molar-refractivity contribution in [2.75, 3.05) is 11.9 Å². The van der Waals surface area contributed by atoms with E-state index in [9.17, 15) is 9.59 Å². The summed E-state index contributed by atoms with van der Waals surface area (Å²) in [6, 6.07) is 14.0. The summed E-state index contributed by atoms with van der Waals surface area (Å²) in [5.41, 5.74) is 1.52. The highest BCUT2D eigenvalue weighted by Gasteiger charge is 2.00. The third-order valence-electron chi connectivity index (χ3n) is 3.00. The summed E-state index contributed by atoms with van der Waals surface area (Å²) in [7, 11) is 0. The van der Waals surface area contributed by atoms with Gasteiger partial charge in [-0.3, -0.25) is 9.59 Å². The van der Waals surface area contributed by atoms with Crippen LogP contribution in [0.1, 0.15) is 19.4 Å². The molecule has 24 heavy (non-hydrogen) atoms. The summed E-state index contributed by atoms with van der Waals surface area (Å²) in [6.45, 7) is 3.86. The molecule has 0 aromatic heterocycles. The Bertz CT molecular complexity index is 718. The van der Waals surface area contributed by atoms with Crippen molar-refractivity contribution >= 4 is 23.6 Å². The van der Waals surface area contributed by atoms with Gasteiger partial charge in [0, 0.05) is 18.7 Å². The molecular weight excluding hydrogens is 306 g/mol. The Balaban J connectivity index is 1.91. The van der Waals surface area contributed by atoms with Crippen LogP contribution >= 0.6 is 0 Å². The number of esters is 1. The lowest BCUT2D eigenvalue weighted by Crippen LogP contribution is -2.07. The number of hydrogen-bond acceptors (Lipinski definition) is 4. The molecule has 0 heterocycles. The van der Waals surface area contributed by atoms with Crippen molar-refractivity contribution in [3.05, 3.63) is 60.2 Å². The maximum Gasteiger partial charge on any atom is 0.308 e. The van der Waals surface area contributed by atoms with E-state index >= 15 is 0 Å². The number of amides is 1. The van der Waals surface area contributed by atoms with Crippen LogP contribution in [0, 0.1) is 0 Å². The topological polar surface area (TPSA) is 64.6 Å². The van der Waals surface area contributed by atoms with Gasteiger partial charge in [0.1, 0.15) is 11.5 Å². The van der Waals surface area contributed by atoms with Crippen molar-refractivity contribution in [2.24, 2.45) is 0 Å². The molecule has 5 heteroatoms.